The van der Waals surface area contributed by atoms with Crippen LogP contribution in [0, 0.1) is 11.6 Å². The molecule has 1 aliphatic rings. The molecule has 2 aromatic heterocycles. The lowest BCUT2D eigenvalue weighted by atomic mass is 10.2. The van der Waals surface area contributed by atoms with Gasteiger partial charge in [-0.05, 0) is 42.5 Å². The molecule has 1 saturated heterocycles. The normalized spacial score (nSPS) is 14.3. The van der Waals surface area contributed by atoms with Crippen LogP contribution in [0.4, 0.5) is 26.0 Å². The highest BCUT2D eigenvalue weighted by Crippen LogP contribution is 2.27. The summed E-state index contributed by atoms with van der Waals surface area (Å²) < 4.78 is 32.4. The van der Waals surface area contributed by atoms with Crippen LogP contribution in [0.5, 0.6) is 0 Å². The molecule has 0 saturated carbocycles. The molecule has 0 unspecified atom stereocenters. The molecule has 2 N–H and O–H groups in total. The molecule has 0 aliphatic carbocycles. The third-order valence-corrected chi connectivity index (χ3v) is 4.98. The third kappa shape index (κ3) is 3.55. The van der Waals surface area contributed by atoms with Crippen LogP contribution in [0.15, 0.2) is 48.7 Å². The summed E-state index contributed by atoms with van der Waals surface area (Å²) in [6.07, 6.45) is 1.56. The average Bonchev–Trinajstić information content (AvgIpc) is 3.26. The van der Waals surface area contributed by atoms with Gasteiger partial charge in [0.15, 0.2) is 23.3 Å². The summed E-state index contributed by atoms with van der Waals surface area (Å²) >= 11 is 0. The molecule has 0 amide bonds. The fourth-order valence-corrected chi connectivity index (χ4v) is 3.41. The topological polar surface area (TPSA) is 79.0 Å². The zero-order chi connectivity index (χ0) is 20.5. The number of rotatable bonds is 4. The van der Waals surface area contributed by atoms with Crippen LogP contribution < -0.4 is 10.2 Å². The van der Waals surface area contributed by atoms with Crippen molar-refractivity contribution in [1.29, 1.82) is 0 Å². The first-order chi connectivity index (χ1) is 14.7. The van der Waals surface area contributed by atoms with Gasteiger partial charge in [-0.1, -0.05) is 0 Å². The zero-order valence-corrected chi connectivity index (χ0v) is 15.9. The molecule has 5 rings (SSSR count). The van der Waals surface area contributed by atoms with Crippen LogP contribution in [0.3, 0.4) is 0 Å². The molecular formula is C21H18F2N6O. The van der Waals surface area contributed by atoms with Crippen molar-refractivity contribution in [1.82, 2.24) is 20.2 Å². The monoisotopic (exact) mass is 408 g/mol. The van der Waals surface area contributed by atoms with Crippen molar-refractivity contribution in [3.63, 3.8) is 0 Å². The number of H-pyrrole nitrogens is 1. The van der Waals surface area contributed by atoms with Crippen LogP contribution >= 0.6 is 0 Å². The Bertz CT molecular complexity index is 1190. The van der Waals surface area contributed by atoms with Gasteiger partial charge < -0.3 is 15.0 Å². The van der Waals surface area contributed by atoms with Gasteiger partial charge in [-0.2, -0.15) is 5.10 Å². The van der Waals surface area contributed by atoms with Gasteiger partial charge in [-0.15, -0.1) is 0 Å². The number of morpholine rings is 1. The molecule has 3 heterocycles. The number of anilines is 3. The number of halogens is 2. The summed E-state index contributed by atoms with van der Waals surface area (Å²) in [5.41, 5.74) is 3.53. The number of aromatic nitrogens is 4. The lowest BCUT2D eigenvalue weighted by Crippen LogP contribution is -2.36. The van der Waals surface area contributed by atoms with Gasteiger partial charge in [-0.25, -0.2) is 18.7 Å². The van der Waals surface area contributed by atoms with Crippen LogP contribution in [-0.2, 0) is 4.74 Å². The van der Waals surface area contributed by atoms with E-state index in [1.54, 1.807) is 6.20 Å². The molecule has 0 bridgehead atoms. The second kappa shape index (κ2) is 7.68. The van der Waals surface area contributed by atoms with E-state index in [1.165, 1.54) is 6.07 Å². The van der Waals surface area contributed by atoms with E-state index in [1.807, 2.05) is 24.3 Å². The first-order valence-corrected chi connectivity index (χ1v) is 9.54. The van der Waals surface area contributed by atoms with Crippen LogP contribution in [-0.4, -0.2) is 46.5 Å². The summed E-state index contributed by atoms with van der Waals surface area (Å²) in [4.78, 5) is 11.2. The first kappa shape index (κ1) is 18.4. The predicted molar refractivity (Wildman–Crippen MR) is 110 cm³/mol. The molecular weight excluding hydrogens is 390 g/mol. The zero-order valence-electron chi connectivity index (χ0n) is 15.9. The van der Waals surface area contributed by atoms with Crippen molar-refractivity contribution in [2.75, 3.05) is 36.5 Å². The van der Waals surface area contributed by atoms with E-state index in [0.29, 0.717) is 22.4 Å². The van der Waals surface area contributed by atoms with Crippen molar-refractivity contribution in [3.8, 4) is 11.4 Å². The second-order valence-corrected chi connectivity index (χ2v) is 6.93. The van der Waals surface area contributed by atoms with Gasteiger partial charge >= 0.3 is 0 Å². The van der Waals surface area contributed by atoms with Crippen molar-refractivity contribution >= 4 is 28.2 Å². The third-order valence-electron chi connectivity index (χ3n) is 4.98. The summed E-state index contributed by atoms with van der Waals surface area (Å²) in [6.45, 7) is 3.19. The maximum atomic E-state index is 13.7. The van der Waals surface area contributed by atoms with Gasteiger partial charge in [0.2, 0.25) is 0 Å². The number of nitrogens with zero attached hydrogens (tertiary/aromatic N) is 4. The quantitative estimate of drug-likeness (QED) is 0.534. The Morgan fingerprint density at radius 2 is 1.77 bits per heavy atom. The van der Waals surface area contributed by atoms with Gasteiger partial charge in [0, 0.05) is 30.0 Å². The van der Waals surface area contributed by atoms with E-state index in [0.717, 1.165) is 49.8 Å². The Morgan fingerprint density at radius 1 is 0.967 bits per heavy atom. The van der Waals surface area contributed by atoms with Gasteiger partial charge in [0.25, 0.3) is 0 Å². The van der Waals surface area contributed by atoms with Gasteiger partial charge in [0.05, 0.1) is 19.4 Å². The maximum Gasteiger partial charge on any atom is 0.162 e. The molecule has 7 nitrogen and oxygen atoms in total. The molecule has 0 spiro atoms. The van der Waals surface area contributed by atoms with E-state index in [4.69, 9.17) is 4.74 Å². The number of benzene rings is 2. The molecule has 9 heteroatoms. The van der Waals surface area contributed by atoms with Crippen LogP contribution in [0.1, 0.15) is 0 Å². The van der Waals surface area contributed by atoms with E-state index in [9.17, 15) is 8.78 Å². The summed E-state index contributed by atoms with van der Waals surface area (Å²) in [5, 5.41) is 10.2. The molecule has 0 atom stereocenters. The largest absolute Gasteiger partial charge is 0.378 e. The SMILES string of the molecule is Fc1ccc(-c2nc(Nc3ccc(N4CCOCC4)cc3)c3[nH]ncc3n2)cc1F. The minimum absolute atomic E-state index is 0.273. The fraction of sp³-hybridized carbons (Fsp3) is 0.190. The second-order valence-electron chi connectivity index (χ2n) is 6.93. The van der Waals surface area contributed by atoms with E-state index in [2.05, 4.69) is 30.4 Å². The lowest BCUT2D eigenvalue weighted by Gasteiger charge is -2.28. The average molecular weight is 408 g/mol. The molecule has 1 fully saturated rings. The number of hydrogen-bond acceptors (Lipinski definition) is 6. The number of aromatic amines is 1. The lowest BCUT2D eigenvalue weighted by molar-refractivity contribution is 0.122. The Labute approximate surface area is 170 Å². The number of nitrogens with one attached hydrogen (secondary N) is 2. The minimum Gasteiger partial charge on any atom is -0.378 e. The molecule has 152 valence electrons. The molecule has 4 aromatic rings. The number of fused-ring (bicyclic) bond motifs is 1. The highest BCUT2D eigenvalue weighted by molar-refractivity contribution is 5.88. The van der Waals surface area contributed by atoms with Crippen molar-refractivity contribution in [2.24, 2.45) is 0 Å². The highest BCUT2D eigenvalue weighted by atomic mass is 19.2. The maximum absolute atomic E-state index is 13.7. The minimum atomic E-state index is -0.948. The summed E-state index contributed by atoms with van der Waals surface area (Å²) in [6, 6.07) is 11.6. The van der Waals surface area contributed by atoms with Crippen molar-refractivity contribution in [2.45, 2.75) is 0 Å². The van der Waals surface area contributed by atoms with Crippen molar-refractivity contribution in [3.05, 3.63) is 60.3 Å². The van der Waals surface area contributed by atoms with Crippen molar-refractivity contribution < 1.29 is 13.5 Å². The standard InChI is InChI=1S/C21H18F2N6O/c22-16-6-1-13(11-17(16)23)20-26-18-12-24-28-19(18)21(27-20)25-14-2-4-15(5-3-14)29-7-9-30-10-8-29/h1-6,11-12H,7-10H2,(H,24,28)(H,25,26,27). The summed E-state index contributed by atoms with van der Waals surface area (Å²) in [5.74, 6) is -1.09. The molecule has 2 aromatic carbocycles. The Kier molecular flexibility index (Phi) is 4.72. The number of hydrogen-bond donors (Lipinski definition) is 2. The highest BCUT2D eigenvalue weighted by Gasteiger charge is 2.14. The first-order valence-electron chi connectivity index (χ1n) is 9.54. The number of ether oxygens (including phenoxy) is 1. The smallest absolute Gasteiger partial charge is 0.162 e. The Balaban J connectivity index is 1.46. The van der Waals surface area contributed by atoms with Crippen LogP contribution in [0.2, 0.25) is 0 Å². The Morgan fingerprint density at radius 3 is 2.53 bits per heavy atom. The summed E-state index contributed by atoms with van der Waals surface area (Å²) in [7, 11) is 0. The molecule has 0 radical (unpaired) electrons. The van der Waals surface area contributed by atoms with E-state index < -0.39 is 11.6 Å². The van der Waals surface area contributed by atoms with Gasteiger partial charge in [0.1, 0.15) is 11.0 Å². The predicted octanol–water partition coefficient (Wildman–Crippen LogP) is 3.88. The van der Waals surface area contributed by atoms with Gasteiger partial charge in [-0.3, -0.25) is 5.10 Å². The van der Waals surface area contributed by atoms with E-state index >= 15 is 0 Å². The molecule has 1 aliphatic heterocycles. The Hall–Kier alpha value is -3.59. The molecule has 30 heavy (non-hydrogen) atoms. The van der Waals surface area contributed by atoms with Crippen LogP contribution in [0.25, 0.3) is 22.4 Å². The fourth-order valence-electron chi connectivity index (χ4n) is 3.41. The van der Waals surface area contributed by atoms with E-state index in [-0.39, 0.29) is 5.82 Å².